The number of nitrogens with zero attached hydrogens (tertiary/aromatic N) is 1. The van der Waals surface area contributed by atoms with Gasteiger partial charge in [0.2, 0.25) is 15.8 Å². The standard InChI is InChI=1S/C15H17NO5S/c1-3-20-15(17)14-10(2)13-11(6-4-7-12(13)21-14)16-8-5-9-22(16,18)19/h4,6-7H,3,5,8-9H2,1-2H3. The highest BCUT2D eigenvalue weighted by molar-refractivity contribution is 7.93. The molecule has 0 N–H and O–H groups in total. The molecule has 1 aromatic carbocycles. The van der Waals surface area contributed by atoms with Gasteiger partial charge >= 0.3 is 5.97 Å². The van der Waals surface area contributed by atoms with Crippen LogP contribution in [0.25, 0.3) is 11.0 Å². The molecule has 0 amide bonds. The van der Waals surface area contributed by atoms with Crippen molar-refractivity contribution in [2.75, 3.05) is 23.2 Å². The molecule has 2 aromatic rings. The number of carbonyl (C=O) groups is 1. The van der Waals surface area contributed by atoms with E-state index in [-0.39, 0.29) is 18.1 Å². The number of anilines is 1. The second-order valence-corrected chi connectivity index (χ2v) is 7.18. The Balaban J connectivity index is 2.19. The quantitative estimate of drug-likeness (QED) is 0.811. The Morgan fingerprint density at radius 3 is 2.82 bits per heavy atom. The maximum Gasteiger partial charge on any atom is 0.374 e. The van der Waals surface area contributed by atoms with Crippen molar-refractivity contribution >= 4 is 32.6 Å². The molecule has 0 spiro atoms. The maximum absolute atomic E-state index is 12.2. The van der Waals surface area contributed by atoms with E-state index in [0.29, 0.717) is 35.2 Å². The SMILES string of the molecule is CCOC(=O)c1oc2cccc(N3CCCS3(=O)=O)c2c1C. The van der Waals surface area contributed by atoms with Crippen LogP contribution in [-0.4, -0.2) is 33.3 Å². The van der Waals surface area contributed by atoms with Crippen molar-refractivity contribution in [3.05, 3.63) is 29.5 Å². The van der Waals surface area contributed by atoms with Gasteiger partial charge in [0.15, 0.2) is 0 Å². The first kappa shape index (κ1) is 14.9. The first-order chi connectivity index (χ1) is 10.5. The molecule has 1 aliphatic rings. The van der Waals surface area contributed by atoms with Gasteiger partial charge in [-0.25, -0.2) is 13.2 Å². The monoisotopic (exact) mass is 323 g/mol. The molecule has 2 heterocycles. The molecule has 22 heavy (non-hydrogen) atoms. The van der Waals surface area contributed by atoms with Gasteiger partial charge in [-0.05, 0) is 32.4 Å². The van der Waals surface area contributed by atoms with Crippen molar-refractivity contribution in [1.82, 2.24) is 0 Å². The zero-order valence-corrected chi connectivity index (χ0v) is 13.3. The third-order valence-electron chi connectivity index (χ3n) is 3.76. The van der Waals surface area contributed by atoms with Crippen LogP contribution in [0.2, 0.25) is 0 Å². The fraction of sp³-hybridized carbons (Fsp3) is 0.400. The highest BCUT2D eigenvalue weighted by Crippen LogP contribution is 2.36. The van der Waals surface area contributed by atoms with Crippen molar-refractivity contribution < 1.29 is 22.4 Å². The van der Waals surface area contributed by atoms with E-state index in [9.17, 15) is 13.2 Å². The highest BCUT2D eigenvalue weighted by atomic mass is 32.2. The summed E-state index contributed by atoms with van der Waals surface area (Å²) in [6.45, 7) is 4.16. The summed E-state index contributed by atoms with van der Waals surface area (Å²) in [5, 5.41) is 0.649. The van der Waals surface area contributed by atoms with Gasteiger partial charge < -0.3 is 9.15 Å². The van der Waals surface area contributed by atoms with Crippen LogP contribution in [-0.2, 0) is 14.8 Å². The van der Waals surface area contributed by atoms with Gasteiger partial charge in [0.25, 0.3) is 0 Å². The van der Waals surface area contributed by atoms with E-state index in [4.69, 9.17) is 9.15 Å². The molecule has 1 aliphatic heterocycles. The topological polar surface area (TPSA) is 76.8 Å². The van der Waals surface area contributed by atoms with Crippen LogP contribution in [0.4, 0.5) is 5.69 Å². The summed E-state index contributed by atoms with van der Waals surface area (Å²) in [5.74, 6) is -0.266. The van der Waals surface area contributed by atoms with E-state index in [1.54, 1.807) is 32.0 Å². The molecule has 6 nitrogen and oxygen atoms in total. The normalized spacial score (nSPS) is 17.1. The third-order valence-corrected chi connectivity index (χ3v) is 5.62. The lowest BCUT2D eigenvalue weighted by molar-refractivity contribution is 0.0491. The molecule has 3 rings (SSSR count). The number of furan rings is 1. The maximum atomic E-state index is 12.2. The molecule has 0 bridgehead atoms. The number of ether oxygens (including phenoxy) is 1. The number of rotatable bonds is 3. The minimum atomic E-state index is -3.29. The van der Waals surface area contributed by atoms with E-state index in [1.807, 2.05) is 0 Å². The van der Waals surface area contributed by atoms with Crippen LogP contribution in [0.15, 0.2) is 22.6 Å². The van der Waals surface area contributed by atoms with Crippen LogP contribution in [0.5, 0.6) is 0 Å². The molecule has 0 aliphatic carbocycles. The number of aryl methyl sites for hydroxylation is 1. The number of benzene rings is 1. The number of sulfonamides is 1. The van der Waals surface area contributed by atoms with E-state index >= 15 is 0 Å². The van der Waals surface area contributed by atoms with Crippen molar-refractivity contribution in [3.8, 4) is 0 Å². The molecule has 0 unspecified atom stereocenters. The molecule has 0 radical (unpaired) electrons. The Morgan fingerprint density at radius 1 is 1.41 bits per heavy atom. The van der Waals surface area contributed by atoms with E-state index < -0.39 is 16.0 Å². The number of hydrogen-bond acceptors (Lipinski definition) is 5. The predicted molar refractivity (Wildman–Crippen MR) is 82.7 cm³/mol. The second-order valence-electron chi connectivity index (χ2n) is 5.17. The molecular weight excluding hydrogens is 306 g/mol. The minimum absolute atomic E-state index is 0.126. The average molecular weight is 323 g/mol. The van der Waals surface area contributed by atoms with Gasteiger partial charge in [0, 0.05) is 17.5 Å². The summed E-state index contributed by atoms with van der Waals surface area (Å²) in [7, 11) is -3.29. The van der Waals surface area contributed by atoms with Gasteiger partial charge in [0.05, 0.1) is 18.0 Å². The molecule has 1 fully saturated rings. The molecule has 118 valence electrons. The van der Waals surface area contributed by atoms with Crippen LogP contribution in [0, 0.1) is 6.92 Å². The third kappa shape index (κ3) is 2.25. The Bertz CT molecular complexity index is 837. The van der Waals surface area contributed by atoms with E-state index in [2.05, 4.69) is 0 Å². The van der Waals surface area contributed by atoms with E-state index in [1.165, 1.54) is 4.31 Å². The summed E-state index contributed by atoms with van der Waals surface area (Å²) >= 11 is 0. The molecule has 0 saturated carbocycles. The van der Waals surface area contributed by atoms with Crippen LogP contribution in [0.1, 0.15) is 29.5 Å². The number of hydrogen-bond donors (Lipinski definition) is 0. The Morgan fingerprint density at radius 2 is 2.18 bits per heavy atom. The lowest BCUT2D eigenvalue weighted by Gasteiger charge is -2.17. The smallest absolute Gasteiger partial charge is 0.374 e. The summed E-state index contributed by atoms with van der Waals surface area (Å²) in [6, 6.07) is 5.18. The number of carbonyl (C=O) groups excluding carboxylic acids is 1. The Kier molecular flexibility index (Phi) is 3.60. The van der Waals surface area contributed by atoms with Crippen LogP contribution in [0.3, 0.4) is 0 Å². The van der Waals surface area contributed by atoms with Gasteiger partial charge in [-0.3, -0.25) is 4.31 Å². The van der Waals surface area contributed by atoms with Gasteiger partial charge in [-0.2, -0.15) is 0 Å². The minimum Gasteiger partial charge on any atom is -0.460 e. The fourth-order valence-electron chi connectivity index (χ4n) is 2.79. The van der Waals surface area contributed by atoms with Crippen molar-refractivity contribution in [1.29, 1.82) is 0 Å². The fourth-order valence-corrected chi connectivity index (χ4v) is 4.36. The lowest BCUT2D eigenvalue weighted by Crippen LogP contribution is -2.25. The summed E-state index contributed by atoms with van der Waals surface area (Å²) in [4.78, 5) is 11.9. The average Bonchev–Trinajstić information content (AvgIpc) is 2.99. The Hall–Kier alpha value is -2.02. The predicted octanol–water partition coefficient (Wildman–Crippen LogP) is 2.46. The first-order valence-corrected chi connectivity index (χ1v) is 8.76. The molecule has 1 aromatic heterocycles. The van der Waals surface area contributed by atoms with Gasteiger partial charge in [-0.15, -0.1) is 0 Å². The molecule has 0 atom stereocenters. The summed E-state index contributed by atoms with van der Waals surface area (Å²) in [6.07, 6.45) is 0.598. The van der Waals surface area contributed by atoms with Crippen molar-refractivity contribution in [2.45, 2.75) is 20.3 Å². The van der Waals surface area contributed by atoms with Crippen LogP contribution < -0.4 is 4.31 Å². The molecule has 1 saturated heterocycles. The number of fused-ring (bicyclic) bond motifs is 1. The van der Waals surface area contributed by atoms with Gasteiger partial charge in [-0.1, -0.05) is 6.07 Å². The van der Waals surface area contributed by atoms with E-state index in [0.717, 1.165) is 0 Å². The van der Waals surface area contributed by atoms with Gasteiger partial charge in [0.1, 0.15) is 5.58 Å². The lowest BCUT2D eigenvalue weighted by atomic mass is 10.1. The molecular formula is C15H17NO5S. The van der Waals surface area contributed by atoms with Crippen molar-refractivity contribution in [2.24, 2.45) is 0 Å². The number of esters is 1. The largest absolute Gasteiger partial charge is 0.460 e. The summed E-state index contributed by atoms with van der Waals surface area (Å²) < 4.78 is 36.3. The molecule has 7 heteroatoms. The Labute approximate surface area is 128 Å². The second kappa shape index (κ2) is 5.31. The van der Waals surface area contributed by atoms with Crippen LogP contribution >= 0.6 is 0 Å². The summed E-state index contributed by atoms with van der Waals surface area (Å²) in [5.41, 5.74) is 1.65. The zero-order chi connectivity index (χ0) is 15.9. The highest BCUT2D eigenvalue weighted by Gasteiger charge is 2.31. The zero-order valence-electron chi connectivity index (χ0n) is 12.5. The first-order valence-electron chi connectivity index (χ1n) is 7.15. The van der Waals surface area contributed by atoms with Crippen molar-refractivity contribution in [3.63, 3.8) is 0 Å².